The van der Waals surface area contributed by atoms with Crippen LogP contribution in [0, 0.1) is 0 Å². The van der Waals surface area contributed by atoms with E-state index in [4.69, 9.17) is 0 Å². The third-order valence-electron chi connectivity index (χ3n) is 2.53. The van der Waals surface area contributed by atoms with Crippen LogP contribution in [0.3, 0.4) is 0 Å². The highest BCUT2D eigenvalue weighted by molar-refractivity contribution is 9.10. The average molecular weight is 266 g/mol. The Morgan fingerprint density at radius 2 is 2.33 bits per heavy atom. The zero-order chi connectivity index (χ0) is 10.7. The third kappa shape index (κ3) is 2.75. The number of allylic oxidation sites excluding steroid dienone is 2. The van der Waals surface area contributed by atoms with Crippen LogP contribution in [0.1, 0.15) is 24.8 Å². The number of halogens is 1. The van der Waals surface area contributed by atoms with Crippen LogP contribution in [0.2, 0.25) is 0 Å². The molecular weight excluding hydrogens is 254 g/mol. The van der Waals surface area contributed by atoms with E-state index in [9.17, 15) is 4.79 Å². The van der Waals surface area contributed by atoms with Gasteiger partial charge in [0.1, 0.15) is 0 Å². The minimum Gasteiger partial charge on any atom is -0.294 e. The Labute approximate surface area is 97.5 Å². The predicted molar refractivity (Wildman–Crippen MR) is 62.6 cm³/mol. The number of pyridine rings is 1. The molecule has 1 aliphatic rings. The van der Waals surface area contributed by atoms with Crippen LogP contribution in [0.4, 0.5) is 0 Å². The summed E-state index contributed by atoms with van der Waals surface area (Å²) >= 11 is 3.35. The second-order valence-corrected chi connectivity index (χ2v) is 4.65. The van der Waals surface area contributed by atoms with E-state index < -0.39 is 0 Å². The van der Waals surface area contributed by atoms with Crippen molar-refractivity contribution in [2.45, 2.75) is 25.7 Å². The van der Waals surface area contributed by atoms with Crippen LogP contribution in [-0.2, 0) is 11.2 Å². The Balaban J connectivity index is 2.05. The van der Waals surface area contributed by atoms with Gasteiger partial charge in [0.15, 0.2) is 5.78 Å². The maximum absolute atomic E-state index is 11.8. The standard InChI is InChI=1S/C12H12BrNO/c13-11-5-9(7-14-8-11)6-12(15)10-3-1-2-4-10/h3,5,7-8H,1-2,4,6H2. The molecule has 0 amide bonds. The topological polar surface area (TPSA) is 30.0 Å². The average Bonchev–Trinajstić information content (AvgIpc) is 2.70. The molecule has 1 aromatic rings. The maximum Gasteiger partial charge on any atom is 0.162 e. The normalized spacial score (nSPS) is 15.1. The number of nitrogens with zero attached hydrogens (tertiary/aromatic N) is 1. The van der Waals surface area contributed by atoms with Crippen LogP contribution >= 0.6 is 15.9 Å². The maximum atomic E-state index is 11.8. The van der Waals surface area contributed by atoms with Crippen molar-refractivity contribution in [3.8, 4) is 0 Å². The van der Waals surface area contributed by atoms with E-state index in [1.54, 1.807) is 12.4 Å². The molecule has 0 N–H and O–H groups in total. The molecule has 0 spiro atoms. The molecule has 0 aliphatic heterocycles. The lowest BCUT2D eigenvalue weighted by molar-refractivity contribution is -0.115. The van der Waals surface area contributed by atoms with Crippen molar-refractivity contribution in [3.05, 3.63) is 40.1 Å². The fourth-order valence-electron chi connectivity index (χ4n) is 1.78. The summed E-state index contributed by atoms with van der Waals surface area (Å²) in [5.41, 5.74) is 1.97. The van der Waals surface area contributed by atoms with Crippen molar-refractivity contribution in [3.63, 3.8) is 0 Å². The quantitative estimate of drug-likeness (QED) is 0.841. The molecule has 1 aromatic heterocycles. The van der Waals surface area contributed by atoms with Gasteiger partial charge in [-0.1, -0.05) is 6.08 Å². The number of ketones is 1. The molecule has 0 radical (unpaired) electrons. The zero-order valence-electron chi connectivity index (χ0n) is 8.37. The number of rotatable bonds is 3. The largest absolute Gasteiger partial charge is 0.294 e. The van der Waals surface area contributed by atoms with Crippen LogP contribution in [0.25, 0.3) is 0 Å². The highest BCUT2D eigenvalue weighted by Gasteiger charge is 2.13. The van der Waals surface area contributed by atoms with E-state index in [1.807, 2.05) is 6.07 Å². The number of Topliss-reactive ketones (excluding diaryl/α,β-unsaturated/α-hetero) is 1. The Morgan fingerprint density at radius 3 is 3.00 bits per heavy atom. The SMILES string of the molecule is O=C(Cc1cncc(Br)c1)C1=CCCC1. The predicted octanol–water partition coefficient (Wildman–Crippen LogP) is 3.07. The molecule has 0 aromatic carbocycles. The van der Waals surface area contributed by atoms with Crippen molar-refractivity contribution in [2.75, 3.05) is 0 Å². The number of aromatic nitrogens is 1. The van der Waals surface area contributed by atoms with E-state index in [-0.39, 0.29) is 5.78 Å². The van der Waals surface area contributed by atoms with E-state index in [0.29, 0.717) is 6.42 Å². The molecule has 2 nitrogen and oxygen atoms in total. The molecule has 0 bridgehead atoms. The van der Waals surface area contributed by atoms with Crippen molar-refractivity contribution >= 4 is 21.7 Å². The number of hydrogen-bond donors (Lipinski definition) is 0. The minimum absolute atomic E-state index is 0.243. The van der Waals surface area contributed by atoms with Crippen LogP contribution in [0.15, 0.2) is 34.6 Å². The van der Waals surface area contributed by atoms with Gasteiger partial charge in [-0.05, 0) is 52.4 Å². The molecular formula is C12H12BrNO. The fourth-order valence-corrected chi connectivity index (χ4v) is 2.19. The summed E-state index contributed by atoms with van der Waals surface area (Å²) in [6.45, 7) is 0. The van der Waals surface area contributed by atoms with Gasteiger partial charge in [0.25, 0.3) is 0 Å². The van der Waals surface area contributed by atoms with Gasteiger partial charge in [0.2, 0.25) is 0 Å². The smallest absolute Gasteiger partial charge is 0.162 e. The second-order valence-electron chi connectivity index (χ2n) is 3.73. The molecule has 0 saturated carbocycles. The number of carbonyl (C=O) groups is 1. The van der Waals surface area contributed by atoms with Gasteiger partial charge in [0, 0.05) is 23.3 Å². The molecule has 0 saturated heterocycles. The van der Waals surface area contributed by atoms with Gasteiger partial charge >= 0.3 is 0 Å². The molecule has 1 heterocycles. The van der Waals surface area contributed by atoms with Crippen LogP contribution < -0.4 is 0 Å². The van der Waals surface area contributed by atoms with E-state index in [1.165, 1.54) is 0 Å². The zero-order valence-corrected chi connectivity index (χ0v) is 9.96. The second kappa shape index (κ2) is 4.71. The van der Waals surface area contributed by atoms with Crippen molar-refractivity contribution in [1.82, 2.24) is 4.98 Å². The lowest BCUT2D eigenvalue weighted by atomic mass is 10.0. The first kappa shape index (κ1) is 10.6. The molecule has 0 atom stereocenters. The molecule has 78 valence electrons. The van der Waals surface area contributed by atoms with Gasteiger partial charge in [-0.15, -0.1) is 0 Å². The summed E-state index contributed by atoms with van der Waals surface area (Å²) in [7, 11) is 0. The Bertz CT molecular complexity index is 412. The molecule has 0 unspecified atom stereocenters. The first-order valence-electron chi connectivity index (χ1n) is 5.07. The van der Waals surface area contributed by atoms with Gasteiger partial charge < -0.3 is 0 Å². The first-order valence-corrected chi connectivity index (χ1v) is 5.86. The number of hydrogen-bond acceptors (Lipinski definition) is 2. The van der Waals surface area contributed by atoms with Crippen LogP contribution in [0.5, 0.6) is 0 Å². The van der Waals surface area contributed by atoms with Crippen LogP contribution in [-0.4, -0.2) is 10.8 Å². The van der Waals surface area contributed by atoms with Gasteiger partial charge in [0.05, 0.1) is 0 Å². The highest BCUT2D eigenvalue weighted by Crippen LogP contribution is 2.20. The minimum atomic E-state index is 0.243. The molecule has 1 aliphatic carbocycles. The van der Waals surface area contributed by atoms with E-state index >= 15 is 0 Å². The number of carbonyl (C=O) groups excluding carboxylic acids is 1. The lowest BCUT2D eigenvalue weighted by Gasteiger charge is -2.01. The Kier molecular flexibility index (Phi) is 3.31. The van der Waals surface area contributed by atoms with Crippen molar-refractivity contribution in [2.24, 2.45) is 0 Å². The molecule has 0 fully saturated rings. The van der Waals surface area contributed by atoms with Crippen molar-refractivity contribution < 1.29 is 4.79 Å². The van der Waals surface area contributed by atoms with E-state index in [0.717, 1.165) is 34.9 Å². The summed E-state index contributed by atoms with van der Waals surface area (Å²) in [5, 5.41) is 0. The molecule has 2 rings (SSSR count). The monoisotopic (exact) mass is 265 g/mol. The lowest BCUT2D eigenvalue weighted by Crippen LogP contribution is -2.05. The summed E-state index contributed by atoms with van der Waals surface area (Å²) in [6.07, 6.45) is 9.13. The summed E-state index contributed by atoms with van der Waals surface area (Å²) < 4.78 is 0.924. The Hall–Kier alpha value is -0.960. The fraction of sp³-hybridized carbons (Fsp3) is 0.333. The van der Waals surface area contributed by atoms with Gasteiger partial charge in [-0.25, -0.2) is 0 Å². The van der Waals surface area contributed by atoms with E-state index in [2.05, 4.69) is 27.0 Å². The van der Waals surface area contributed by atoms with Crippen molar-refractivity contribution in [1.29, 1.82) is 0 Å². The third-order valence-corrected chi connectivity index (χ3v) is 2.96. The first-order chi connectivity index (χ1) is 7.25. The van der Waals surface area contributed by atoms with Gasteiger partial charge in [-0.3, -0.25) is 9.78 Å². The molecule has 3 heteroatoms. The summed E-state index contributed by atoms with van der Waals surface area (Å²) in [4.78, 5) is 15.9. The summed E-state index contributed by atoms with van der Waals surface area (Å²) in [6, 6.07) is 1.94. The highest BCUT2D eigenvalue weighted by atomic mass is 79.9. The Morgan fingerprint density at radius 1 is 1.47 bits per heavy atom. The summed E-state index contributed by atoms with van der Waals surface area (Å²) in [5.74, 6) is 0.243. The molecule has 15 heavy (non-hydrogen) atoms. The van der Waals surface area contributed by atoms with Gasteiger partial charge in [-0.2, -0.15) is 0 Å².